The van der Waals surface area contributed by atoms with Gasteiger partial charge in [0.15, 0.2) is 11.5 Å². The molecule has 1 heterocycles. The largest absolute Gasteiger partial charge is 0.493 e. The van der Waals surface area contributed by atoms with Gasteiger partial charge in [0.05, 0.1) is 31.3 Å². The maximum atomic E-state index is 12.7. The number of nitrogens with zero attached hydrogens (tertiary/aromatic N) is 2. The number of para-hydroxylation sites is 2. The Morgan fingerprint density at radius 2 is 1.70 bits per heavy atom. The Morgan fingerprint density at radius 1 is 0.967 bits per heavy atom. The van der Waals surface area contributed by atoms with E-state index in [0.29, 0.717) is 17.1 Å². The second-order valence-corrected chi connectivity index (χ2v) is 6.96. The number of carbonyl (C=O) groups excluding carboxylic acids is 1. The average molecular weight is 401 g/mol. The van der Waals surface area contributed by atoms with Crippen molar-refractivity contribution in [2.24, 2.45) is 0 Å². The van der Waals surface area contributed by atoms with E-state index in [1.165, 1.54) is 0 Å². The Hall–Kier alpha value is -3.80. The number of fused-ring (bicyclic) bond motifs is 1. The molecule has 3 aromatic carbocycles. The van der Waals surface area contributed by atoms with Crippen LogP contribution >= 0.6 is 0 Å². The number of imidazole rings is 1. The van der Waals surface area contributed by atoms with Gasteiger partial charge in [-0.2, -0.15) is 0 Å². The van der Waals surface area contributed by atoms with Crippen LogP contribution in [0.1, 0.15) is 28.9 Å². The van der Waals surface area contributed by atoms with E-state index >= 15 is 0 Å². The van der Waals surface area contributed by atoms with Gasteiger partial charge < -0.3 is 14.8 Å². The number of benzene rings is 3. The molecule has 1 amide bonds. The predicted molar refractivity (Wildman–Crippen MR) is 116 cm³/mol. The minimum absolute atomic E-state index is 0.140. The summed E-state index contributed by atoms with van der Waals surface area (Å²) in [4.78, 5) is 17.1. The molecule has 4 rings (SSSR count). The Balaban J connectivity index is 1.50. The topological polar surface area (TPSA) is 65.4 Å². The second kappa shape index (κ2) is 8.29. The van der Waals surface area contributed by atoms with Crippen LogP contribution in [-0.4, -0.2) is 29.7 Å². The van der Waals surface area contributed by atoms with Gasteiger partial charge in [-0.15, -0.1) is 0 Å². The summed E-state index contributed by atoms with van der Waals surface area (Å²) in [6.07, 6.45) is 1.79. The summed E-state index contributed by atoms with van der Waals surface area (Å²) in [6.45, 7) is 1.94. The predicted octanol–water partition coefficient (Wildman–Crippen LogP) is 4.53. The molecule has 0 saturated carbocycles. The smallest absolute Gasteiger partial charge is 0.251 e. The number of amides is 1. The first-order chi connectivity index (χ1) is 14.6. The van der Waals surface area contributed by atoms with Crippen LogP contribution < -0.4 is 14.8 Å². The second-order valence-electron chi connectivity index (χ2n) is 6.96. The summed E-state index contributed by atoms with van der Waals surface area (Å²) in [5.74, 6) is 1.15. The molecular formula is C24H23N3O3. The van der Waals surface area contributed by atoms with Crippen LogP contribution in [0, 0.1) is 0 Å². The van der Waals surface area contributed by atoms with E-state index in [4.69, 9.17) is 9.47 Å². The lowest BCUT2D eigenvalue weighted by Crippen LogP contribution is -2.26. The number of nitrogens with one attached hydrogen (secondary N) is 1. The molecule has 0 radical (unpaired) electrons. The Kier molecular flexibility index (Phi) is 5.39. The zero-order valence-electron chi connectivity index (χ0n) is 17.1. The summed E-state index contributed by atoms with van der Waals surface area (Å²) in [7, 11) is 3.19. The Bertz CT molecular complexity index is 1180. The van der Waals surface area contributed by atoms with Crippen LogP contribution in [0.25, 0.3) is 16.7 Å². The van der Waals surface area contributed by atoms with Gasteiger partial charge in [-0.3, -0.25) is 9.36 Å². The molecule has 6 heteroatoms. The Morgan fingerprint density at radius 3 is 2.43 bits per heavy atom. The van der Waals surface area contributed by atoms with E-state index in [1.54, 1.807) is 20.5 Å². The molecule has 1 aromatic heterocycles. The van der Waals surface area contributed by atoms with Gasteiger partial charge >= 0.3 is 0 Å². The van der Waals surface area contributed by atoms with Crippen molar-refractivity contribution in [2.75, 3.05) is 14.2 Å². The van der Waals surface area contributed by atoms with E-state index in [9.17, 15) is 4.79 Å². The maximum absolute atomic E-state index is 12.7. The molecule has 6 nitrogen and oxygen atoms in total. The third kappa shape index (κ3) is 3.72. The van der Waals surface area contributed by atoms with E-state index in [2.05, 4.69) is 10.3 Å². The van der Waals surface area contributed by atoms with Crippen molar-refractivity contribution in [1.29, 1.82) is 0 Å². The average Bonchev–Trinajstić information content (AvgIpc) is 3.22. The number of hydrogen-bond donors (Lipinski definition) is 1. The summed E-state index contributed by atoms with van der Waals surface area (Å²) >= 11 is 0. The van der Waals surface area contributed by atoms with E-state index in [0.717, 1.165) is 22.3 Å². The number of aromatic nitrogens is 2. The molecule has 152 valence electrons. The van der Waals surface area contributed by atoms with Gasteiger partial charge in [-0.25, -0.2) is 4.98 Å². The molecule has 4 aromatic rings. The first-order valence-electron chi connectivity index (χ1n) is 9.66. The first kappa shape index (κ1) is 19.5. The number of carbonyl (C=O) groups is 1. The lowest BCUT2D eigenvalue weighted by Gasteiger charge is -2.17. The van der Waals surface area contributed by atoms with Gasteiger partial charge in [0.1, 0.15) is 6.33 Å². The molecule has 30 heavy (non-hydrogen) atoms. The summed E-state index contributed by atoms with van der Waals surface area (Å²) in [5.41, 5.74) is 4.44. The fraction of sp³-hybridized carbons (Fsp3) is 0.167. The van der Waals surface area contributed by atoms with Crippen molar-refractivity contribution in [3.63, 3.8) is 0 Å². The van der Waals surface area contributed by atoms with Crippen LogP contribution in [0.5, 0.6) is 11.5 Å². The van der Waals surface area contributed by atoms with Crippen molar-refractivity contribution < 1.29 is 14.3 Å². The summed E-state index contributed by atoms with van der Waals surface area (Å²) < 4.78 is 12.6. The highest BCUT2D eigenvalue weighted by Crippen LogP contribution is 2.30. The fourth-order valence-corrected chi connectivity index (χ4v) is 3.42. The van der Waals surface area contributed by atoms with E-state index < -0.39 is 0 Å². The normalized spacial score (nSPS) is 11.8. The SMILES string of the molecule is COc1ccc(C(C)NC(=O)c2ccc(-n3cnc4ccccc43)cc2)cc1OC. The number of hydrogen-bond acceptors (Lipinski definition) is 4. The van der Waals surface area contributed by atoms with Crippen molar-refractivity contribution in [3.8, 4) is 17.2 Å². The monoisotopic (exact) mass is 401 g/mol. The third-order valence-corrected chi connectivity index (χ3v) is 5.12. The first-order valence-corrected chi connectivity index (χ1v) is 9.66. The van der Waals surface area contributed by atoms with Crippen LogP contribution in [-0.2, 0) is 0 Å². The number of methoxy groups -OCH3 is 2. The summed E-state index contributed by atoms with van der Waals surface area (Å²) in [5, 5.41) is 3.03. The maximum Gasteiger partial charge on any atom is 0.251 e. The van der Waals surface area contributed by atoms with Crippen molar-refractivity contribution in [2.45, 2.75) is 13.0 Å². The zero-order valence-corrected chi connectivity index (χ0v) is 17.1. The minimum atomic E-state index is -0.186. The molecule has 1 unspecified atom stereocenters. The molecule has 0 aliphatic carbocycles. The van der Waals surface area contributed by atoms with Gasteiger partial charge in [-0.1, -0.05) is 18.2 Å². The van der Waals surface area contributed by atoms with E-state index in [-0.39, 0.29) is 11.9 Å². The van der Waals surface area contributed by atoms with Crippen LogP contribution in [0.2, 0.25) is 0 Å². The lowest BCUT2D eigenvalue weighted by atomic mass is 10.1. The minimum Gasteiger partial charge on any atom is -0.493 e. The van der Waals surface area contributed by atoms with Gasteiger partial charge in [0.2, 0.25) is 0 Å². The molecule has 0 spiro atoms. The van der Waals surface area contributed by atoms with Crippen molar-refractivity contribution >= 4 is 16.9 Å². The van der Waals surface area contributed by atoms with Crippen molar-refractivity contribution in [3.05, 3.63) is 84.2 Å². The highest BCUT2D eigenvalue weighted by atomic mass is 16.5. The molecular weight excluding hydrogens is 378 g/mol. The van der Waals surface area contributed by atoms with Gasteiger partial charge in [-0.05, 0) is 61.0 Å². The third-order valence-electron chi connectivity index (χ3n) is 5.12. The van der Waals surface area contributed by atoms with Crippen LogP contribution in [0.3, 0.4) is 0 Å². The molecule has 1 N–H and O–H groups in total. The quantitative estimate of drug-likeness (QED) is 0.515. The molecule has 0 bridgehead atoms. The molecule has 0 aliphatic heterocycles. The number of rotatable bonds is 6. The molecule has 0 fully saturated rings. The zero-order chi connectivity index (χ0) is 21.1. The molecule has 0 aliphatic rings. The van der Waals surface area contributed by atoms with Gasteiger partial charge in [0, 0.05) is 11.3 Å². The Labute approximate surface area is 175 Å². The van der Waals surface area contributed by atoms with Crippen LogP contribution in [0.15, 0.2) is 73.1 Å². The number of ether oxygens (including phenoxy) is 2. The van der Waals surface area contributed by atoms with Gasteiger partial charge in [0.25, 0.3) is 5.91 Å². The van der Waals surface area contributed by atoms with Crippen LogP contribution in [0.4, 0.5) is 0 Å². The molecule has 1 atom stereocenters. The highest BCUT2D eigenvalue weighted by molar-refractivity contribution is 5.94. The standard InChI is InChI=1S/C24H23N3O3/c1-16(18-10-13-22(29-2)23(14-18)30-3)26-24(28)17-8-11-19(12-9-17)27-15-25-20-6-4-5-7-21(20)27/h4-16H,1-3H3,(H,26,28). The molecule has 0 saturated heterocycles. The summed E-state index contributed by atoms with van der Waals surface area (Å²) in [6, 6.07) is 20.9. The highest BCUT2D eigenvalue weighted by Gasteiger charge is 2.14. The lowest BCUT2D eigenvalue weighted by molar-refractivity contribution is 0.0940. The van der Waals surface area contributed by atoms with Crippen molar-refractivity contribution in [1.82, 2.24) is 14.9 Å². The fourth-order valence-electron chi connectivity index (χ4n) is 3.42. The van der Waals surface area contributed by atoms with E-state index in [1.807, 2.05) is 78.2 Å².